The molecule has 24 heavy (non-hydrogen) atoms. The summed E-state index contributed by atoms with van der Waals surface area (Å²) in [6.07, 6.45) is 1.11. The first-order valence-corrected chi connectivity index (χ1v) is 8.57. The van der Waals surface area contributed by atoms with Gasteiger partial charge in [-0.15, -0.1) is 0 Å². The number of carbonyl (C=O) groups is 1. The summed E-state index contributed by atoms with van der Waals surface area (Å²) >= 11 is 0. The summed E-state index contributed by atoms with van der Waals surface area (Å²) in [6, 6.07) is 12.3. The van der Waals surface area contributed by atoms with E-state index >= 15 is 0 Å². The van der Waals surface area contributed by atoms with Gasteiger partial charge in [-0.25, -0.2) is 22.1 Å². The van der Waals surface area contributed by atoms with E-state index in [2.05, 4.69) is 10.3 Å². The molecule has 1 heterocycles. The minimum Gasteiger partial charge on any atom is -0.350 e. The average Bonchev–Trinajstić information content (AvgIpc) is 2.57. The first-order valence-electron chi connectivity index (χ1n) is 7.13. The maximum absolute atomic E-state index is 13.5. The third-order valence-electron chi connectivity index (χ3n) is 3.51. The lowest BCUT2D eigenvalue weighted by molar-refractivity contribution is -0.120. The molecule has 0 atom stereocenters. The molecule has 0 spiro atoms. The normalized spacial score (nSPS) is 15.0. The van der Waals surface area contributed by atoms with Gasteiger partial charge in [0, 0.05) is 12.1 Å². The van der Waals surface area contributed by atoms with E-state index in [1.807, 2.05) is 0 Å². The van der Waals surface area contributed by atoms with Gasteiger partial charge in [-0.3, -0.25) is 4.79 Å². The molecular formula is C16H14FN3O3S. The summed E-state index contributed by atoms with van der Waals surface area (Å²) in [6.45, 7) is -0.443. The molecule has 0 bridgehead atoms. The standard InChI is InChI=1S/C16H14FN3O3S/c17-13-6-2-1-5-12(13)9-18-16(21)10-20-11-19-14-7-3-4-8-15(14)24(20,22)23/h1-8,11H,9-10H2,(H,18,21). The number of sulfonamides is 1. The lowest BCUT2D eigenvalue weighted by Gasteiger charge is -2.23. The van der Waals surface area contributed by atoms with Crippen molar-refractivity contribution >= 4 is 28.0 Å². The van der Waals surface area contributed by atoms with Crippen molar-refractivity contribution in [2.45, 2.75) is 11.4 Å². The van der Waals surface area contributed by atoms with Crippen molar-refractivity contribution in [1.82, 2.24) is 9.62 Å². The summed E-state index contributed by atoms with van der Waals surface area (Å²) in [4.78, 5) is 16.1. The maximum atomic E-state index is 13.5. The molecule has 0 saturated heterocycles. The Kier molecular flexibility index (Phi) is 4.30. The van der Waals surface area contributed by atoms with Gasteiger partial charge >= 0.3 is 0 Å². The van der Waals surface area contributed by atoms with Crippen LogP contribution >= 0.6 is 0 Å². The number of aliphatic imine (C=N–C) groups is 1. The maximum Gasteiger partial charge on any atom is 0.267 e. The zero-order valence-corrected chi connectivity index (χ0v) is 13.3. The molecule has 124 valence electrons. The van der Waals surface area contributed by atoms with Crippen molar-refractivity contribution in [3.63, 3.8) is 0 Å². The van der Waals surface area contributed by atoms with Crippen molar-refractivity contribution in [1.29, 1.82) is 0 Å². The number of nitrogens with zero attached hydrogens (tertiary/aromatic N) is 2. The van der Waals surface area contributed by atoms with Crippen LogP contribution in [-0.4, -0.2) is 31.5 Å². The van der Waals surface area contributed by atoms with E-state index in [1.54, 1.807) is 36.4 Å². The van der Waals surface area contributed by atoms with Crippen LogP contribution in [0.5, 0.6) is 0 Å². The highest BCUT2D eigenvalue weighted by molar-refractivity contribution is 7.89. The van der Waals surface area contributed by atoms with Crippen molar-refractivity contribution in [2.75, 3.05) is 6.54 Å². The van der Waals surface area contributed by atoms with Crippen LogP contribution in [0.3, 0.4) is 0 Å². The minimum atomic E-state index is -3.82. The van der Waals surface area contributed by atoms with E-state index in [9.17, 15) is 17.6 Å². The fraction of sp³-hybridized carbons (Fsp3) is 0.125. The Labute approximate surface area is 138 Å². The topological polar surface area (TPSA) is 78.8 Å². The molecule has 2 aromatic rings. The molecule has 3 rings (SSSR count). The Morgan fingerprint density at radius 3 is 2.62 bits per heavy atom. The third kappa shape index (κ3) is 3.13. The van der Waals surface area contributed by atoms with Gasteiger partial charge in [0.15, 0.2) is 0 Å². The van der Waals surface area contributed by atoms with Gasteiger partial charge in [-0.2, -0.15) is 0 Å². The van der Waals surface area contributed by atoms with E-state index in [-0.39, 0.29) is 11.4 Å². The van der Waals surface area contributed by atoms with Gasteiger partial charge in [-0.1, -0.05) is 30.3 Å². The molecule has 0 saturated carbocycles. The number of hydrogen-bond donors (Lipinski definition) is 1. The number of benzene rings is 2. The third-order valence-corrected chi connectivity index (χ3v) is 5.25. The number of carbonyl (C=O) groups excluding carboxylic acids is 1. The molecule has 1 N–H and O–H groups in total. The summed E-state index contributed by atoms with van der Waals surface area (Å²) in [7, 11) is -3.82. The molecule has 6 nitrogen and oxygen atoms in total. The summed E-state index contributed by atoms with van der Waals surface area (Å²) in [5, 5.41) is 2.50. The van der Waals surface area contributed by atoms with Crippen molar-refractivity contribution in [2.24, 2.45) is 4.99 Å². The molecule has 2 aromatic carbocycles. The number of halogens is 1. The van der Waals surface area contributed by atoms with Gasteiger partial charge in [0.05, 0.1) is 5.69 Å². The second kappa shape index (κ2) is 6.40. The zero-order chi connectivity index (χ0) is 17.2. The zero-order valence-electron chi connectivity index (χ0n) is 12.5. The molecule has 0 radical (unpaired) electrons. The Hall–Kier alpha value is -2.74. The largest absolute Gasteiger partial charge is 0.350 e. The molecule has 8 heteroatoms. The first kappa shape index (κ1) is 16.1. The van der Waals surface area contributed by atoms with Crippen molar-refractivity contribution in [3.05, 3.63) is 59.9 Å². The Morgan fingerprint density at radius 1 is 1.12 bits per heavy atom. The van der Waals surface area contributed by atoms with Gasteiger partial charge in [0.1, 0.15) is 23.6 Å². The van der Waals surface area contributed by atoms with Crippen LogP contribution in [0.1, 0.15) is 5.56 Å². The molecular weight excluding hydrogens is 333 g/mol. The Bertz CT molecular complexity index is 912. The van der Waals surface area contributed by atoms with E-state index in [0.717, 1.165) is 10.6 Å². The lowest BCUT2D eigenvalue weighted by Crippen LogP contribution is -2.40. The predicted octanol–water partition coefficient (Wildman–Crippen LogP) is 1.81. The van der Waals surface area contributed by atoms with Crippen LogP contribution in [0.25, 0.3) is 0 Å². The summed E-state index contributed by atoms with van der Waals surface area (Å²) in [5.41, 5.74) is 0.659. The fourth-order valence-corrected chi connectivity index (χ4v) is 3.60. The first-order chi connectivity index (χ1) is 11.5. The summed E-state index contributed by atoms with van der Waals surface area (Å²) in [5.74, 6) is -0.980. The highest BCUT2D eigenvalue weighted by Gasteiger charge is 2.29. The summed E-state index contributed by atoms with van der Waals surface area (Å²) < 4.78 is 39.3. The molecule has 1 aliphatic heterocycles. The number of rotatable bonds is 4. The lowest BCUT2D eigenvalue weighted by atomic mass is 10.2. The average molecular weight is 347 g/mol. The van der Waals surface area contributed by atoms with E-state index in [4.69, 9.17) is 0 Å². The van der Waals surface area contributed by atoms with Gasteiger partial charge in [0.25, 0.3) is 10.0 Å². The van der Waals surface area contributed by atoms with Crippen LogP contribution < -0.4 is 5.32 Å². The second-order valence-electron chi connectivity index (χ2n) is 5.13. The molecule has 1 aliphatic rings. The highest BCUT2D eigenvalue weighted by atomic mass is 32.2. The number of nitrogens with one attached hydrogen (secondary N) is 1. The number of amides is 1. The Morgan fingerprint density at radius 2 is 1.83 bits per heavy atom. The molecule has 0 fully saturated rings. The number of hydrogen-bond acceptors (Lipinski definition) is 4. The monoisotopic (exact) mass is 347 g/mol. The number of fused-ring (bicyclic) bond motifs is 1. The molecule has 0 aliphatic carbocycles. The minimum absolute atomic E-state index is 0.0207. The van der Waals surface area contributed by atoms with Crippen molar-refractivity contribution in [3.8, 4) is 0 Å². The second-order valence-corrected chi connectivity index (χ2v) is 6.99. The van der Waals surface area contributed by atoms with Crippen LogP contribution in [0, 0.1) is 5.82 Å². The predicted molar refractivity (Wildman–Crippen MR) is 86.7 cm³/mol. The molecule has 0 aromatic heterocycles. The van der Waals surface area contributed by atoms with E-state index in [0.29, 0.717) is 11.3 Å². The van der Waals surface area contributed by atoms with E-state index < -0.39 is 28.3 Å². The SMILES string of the molecule is O=C(CN1C=Nc2ccccc2S1(=O)=O)NCc1ccccc1F. The van der Waals surface area contributed by atoms with E-state index in [1.165, 1.54) is 12.1 Å². The smallest absolute Gasteiger partial charge is 0.267 e. The van der Waals surface area contributed by atoms with Gasteiger partial charge in [0.2, 0.25) is 5.91 Å². The molecule has 1 amide bonds. The van der Waals surface area contributed by atoms with Gasteiger partial charge < -0.3 is 5.32 Å². The quantitative estimate of drug-likeness (QED) is 0.916. The number of para-hydroxylation sites is 1. The van der Waals surface area contributed by atoms with Crippen LogP contribution in [0.15, 0.2) is 58.4 Å². The Balaban J connectivity index is 1.69. The fourth-order valence-electron chi connectivity index (χ4n) is 2.26. The highest BCUT2D eigenvalue weighted by Crippen LogP contribution is 2.29. The van der Waals surface area contributed by atoms with Crippen molar-refractivity contribution < 1.29 is 17.6 Å². The molecule has 0 unspecified atom stereocenters. The van der Waals surface area contributed by atoms with Crippen LogP contribution in [-0.2, 0) is 21.4 Å². The van der Waals surface area contributed by atoms with Crippen LogP contribution in [0.4, 0.5) is 10.1 Å². The van der Waals surface area contributed by atoms with Crippen LogP contribution in [0.2, 0.25) is 0 Å². The van der Waals surface area contributed by atoms with Gasteiger partial charge in [-0.05, 0) is 18.2 Å².